The number of ether oxygens (including phenoxy) is 2. The molecule has 0 aromatic heterocycles. The van der Waals surface area contributed by atoms with Crippen molar-refractivity contribution in [3.8, 4) is 5.75 Å². The van der Waals surface area contributed by atoms with Crippen molar-refractivity contribution in [3.63, 3.8) is 0 Å². The lowest BCUT2D eigenvalue weighted by Crippen LogP contribution is -2.44. The van der Waals surface area contributed by atoms with Gasteiger partial charge in [-0.25, -0.2) is 0 Å². The molecular formula is C22H27ClN2O4S. The average Bonchev–Trinajstić information content (AvgIpc) is 2.84. The molecule has 2 aromatic rings. The predicted molar refractivity (Wildman–Crippen MR) is 122 cm³/mol. The van der Waals surface area contributed by atoms with E-state index in [9.17, 15) is 9.59 Å². The molecule has 6 nitrogen and oxygen atoms in total. The molecule has 2 aromatic carbocycles. The molecule has 3 rings (SSSR count). The maximum absolute atomic E-state index is 13.2. The minimum atomic E-state index is -0.805. The van der Waals surface area contributed by atoms with Gasteiger partial charge in [-0.05, 0) is 43.9 Å². The normalized spacial score (nSPS) is 15.8. The zero-order chi connectivity index (χ0) is 20.8. The number of hydrogen-bond acceptors (Lipinski definition) is 6. The van der Waals surface area contributed by atoms with Crippen molar-refractivity contribution in [1.29, 1.82) is 0 Å². The number of esters is 1. The van der Waals surface area contributed by atoms with Crippen LogP contribution in [0.15, 0.2) is 53.4 Å². The third-order valence-corrected chi connectivity index (χ3v) is 5.77. The summed E-state index contributed by atoms with van der Waals surface area (Å²) in [6.45, 7) is 1.26. The summed E-state index contributed by atoms with van der Waals surface area (Å²) >= 11 is 1.54. The third-order valence-electron chi connectivity index (χ3n) is 4.64. The smallest absolute Gasteiger partial charge is 0.311 e. The highest BCUT2D eigenvalue weighted by atomic mass is 35.5. The average molecular weight is 451 g/mol. The second kappa shape index (κ2) is 11.2. The summed E-state index contributed by atoms with van der Waals surface area (Å²) in [7, 11) is 5.53. The number of thioether (sulfide) groups is 1. The number of amides is 1. The topological polar surface area (TPSA) is 59.1 Å². The Labute approximate surface area is 187 Å². The fraction of sp³-hybridized carbons (Fsp3) is 0.364. The van der Waals surface area contributed by atoms with Crippen molar-refractivity contribution in [2.45, 2.75) is 17.4 Å². The van der Waals surface area contributed by atoms with Crippen molar-refractivity contribution in [3.05, 3.63) is 54.1 Å². The van der Waals surface area contributed by atoms with E-state index in [4.69, 9.17) is 9.47 Å². The zero-order valence-electron chi connectivity index (χ0n) is 17.4. The lowest BCUT2D eigenvalue weighted by Gasteiger charge is -2.26. The van der Waals surface area contributed by atoms with Gasteiger partial charge in [-0.1, -0.05) is 24.3 Å². The monoisotopic (exact) mass is 450 g/mol. The lowest BCUT2D eigenvalue weighted by molar-refractivity contribution is -0.152. The van der Waals surface area contributed by atoms with Crippen LogP contribution in [0.25, 0.3) is 0 Å². The number of fused-ring (bicyclic) bond motifs is 1. The molecule has 0 bridgehead atoms. The molecule has 1 aliphatic rings. The van der Waals surface area contributed by atoms with Gasteiger partial charge in [0.25, 0.3) is 5.91 Å². The number of nitrogens with zero attached hydrogens (tertiary/aromatic N) is 2. The quantitative estimate of drug-likeness (QED) is 0.603. The number of benzene rings is 2. The molecular weight excluding hydrogens is 424 g/mol. The van der Waals surface area contributed by atoms with Crippen molar-refractivity contribution in [2.75, 3.05) is 44.9 Å². The van der Waals surface area contributed by atoms with Crippen LogP contribution < -0.4 is 9.64 Å². The van der Waals surface area contributed by atoms with Gasteiger partial charge in [0.2, 0.25) is 0 Å². The molecule has 0 N–H and O–H groups in total. The first-order chi connectivity index (χ1) is 14.0. The van der Waals surface area contributed by atoms with E-state index in [0.29, 0.717) is 12.3 Å². The molecule has 0 spiro atoms. The number of likely N-dealkylation sites (N-methyl/N-ethyl adjacent to an activating group) is 1. The Kier molecular flexibility index (Phi) is 9.02. The van der Waals surface area contributed by atoms with E-state index in [0.717, 1.165) is 28.4 Å². The second-order valence-electron chi connectivity index (χ2n) is 7.08. The number of methoxy groups -OCH3 is 1. The van der Waals surface area contributed by atoms with Gasteiger partial charge < -0.3 is 19.3 Å². The summed E-state index contributed by atoms with van der Waals surface area (Å²) in [5.74, 6) is 0.551. The summed E-state index contributed by atoms with van der Waals surface area (Å²) in [5.41, 5.74) is 1.69. The Hall–Kier alpha value is -2.22. The van der Waals surface area contributed by atoms with Crippen LogP contribution in [0.1, 0.15) is 5.56 Å². The molecule has 0 aliphatic carbocycles. The fourth-order valence-electron chi connectivity index (χ4n) is 3.06. The van der Waals surface area contributed by atoms with Crippen LogP contribution in [0.3, 0.4) is 0 Å². The minimum absolute atomic E-state index is 0. The number of carbonyl (C=O) groups excluding carboxylic acids is 2. The van der Waals surface area contributed by atoms with Gasteiger partial charge in [0, 0.05) is 23.7 Å². The summed E-state index contributed by atoms with van der Waals surface area (Å²) in [6, 6.07) is 15.1. The Morgan fingerprint density at radius 2 is 1.87 bits per heavy atom. The van der Waals surface area contributed by atoms with Crippen molar-refractivity contribution < 1.29 is 19.1 Å². The molecule has 0 saturated carbocycles. The summed E-state index contributed by atoms with van der Waals surface area (Å²) < 4.78 is 10.7. The molecule has 0 saturated heterocycles. The van der Waals surface area contributed by atoms with E-state index >= 15 is 0 Å². The number of para-hydroxylation sites is 1. The standard InChI is InChI=1S/C22H26N2O4S.ClH/c1-23(2)12-13-24-18-6-4-5-7-20(18)29-15-19(22(24)26)28-21(25)14-16-8-10-17(27-3)11-9-16;/h4-11,19H,12-15H2,1-3H3;1H. The van der Waals surface area contributed by atoms with Crippen LogP contribution >= 0.6 is 24.2 Å². The minimum Gasteiger partial charge on any atom is -0.497 e. The molecule has 162 valence electrons. The van der Waals surface area contributed by atoms with E-state index in [2.05, 4.69) is 0 Å². The summed E-state index contributed by atoms with van der Waals surface area (Å²) in [4.78, 5) is 30.5. The molecule has 8 heteroatoms. The fourth-order valence-corrected chi connectivity index (χ4v) is 4.10. The highest BCUT2D eigenvalue weighted by Gasteiger charge is 2.33. The van der Waals surface area contributed by atoms with Gasteiger partial charge in [-0.2, -0.15) is 0 Å². The van der Waals surface area contributed by atoms with Crippen LogP contribution in [0.5, 0.6) is 5.75 Å². The Morgan fingerprint density at radius 3 is 2.53 bits per heavy atom. The van der Waals surface area contributed by atoms with Gasteiger partial charge in [-0.3, -0.25) is 9.59 Å². The number of halogens is 1. The Morgan fingerprint density at radius 1 is 1.17 bits per heavy atom. The number of rotatable bonds is 7. The van der Waals surface area contributed by atoms with Crippen LogP contribution in [0, 0.1) is 0 Å². The molecule has 0 radical (unpaired) electrons. The molecule has 1 atom stereocenters. The van der Waals surface area contributed by atoms with Gasteiger partial charge in [0.05, 0.1) is 19.2 Å². The van der Waals surface area contributed by atoms with Gasteiger partial charge in [-0.15, -0.1) is 24.2 Å². The maximum Gasteiger partial charge on any atom is 0.311 e. The maximum atomic E-state index is 13.2. The molecule has 0 fully saturated rings. The molecule has 1 unspecified atom stereocenters. The number of anilines is 1. The number of hydrogen-bond donors (Lipinski definition) is 0. The molecule has 30 heavy (non-hydrogen) atoms. The van der Waals surface area contributed by atoms with Crippen molar-refractivity contribution in [1.82, 2.24) is 4.90 Å². The molecule has 1 aliphatic heterocycles. The Balaban J connectivity index is 0.00000320. The van der Waals surface area contributed by atoms with E-state index in [1.807, 2.05) is 55.4 Å². The third kappa shape index (κ3) is 6.14. The van der Waals surface area contributed by atoms with Crippen molar-refractivity contribution in [2.24, 2.45) is 0 Å². The van der Waals surface area contributed by atoms with Crippen LogP contribution in [-0.4, -0.2) is 62.9 Å². The highest BCUT2D eigenvalue weighted by molar-refractivity contribution is 7.99. The zero-order valence-corrected chi connectivity index (χ0v) is 19.0. The first-order valence-corrected chi connectivity index (χ1v) is 10.5. The van der Waals surface area contributed by atoms with E-state index < -0.39 is 12.1 Å². The van der Waals surface area contributed by atoms with Gasteiger partial charge in [0.1, 0.15) is 5.75 Å². The van der Waals surface area contributed by atoms with Crippen LogP contribution in [-0.2, 0) is 20.7 Å². The second-order valence-corrected chi connectivity index (χ2v) is 8.14. The van der Waals surface area contributed by atoms with Gasteiger partial charge in [0.15, 0.2) is 6.10 Å². The first-order valence-electron chi connectivity index (χ1n) is 9.48. The van der Waals surface area contributed by atoms with Gasteiger partial charge >= 0.3 is 5.97 Å². The van der Waals surface area contributed by atoms with Crippen LogP contribution in [0.2, 0.25) is 0 Å². The summed E-state index contributed by atoms with van der Waals surface area (Å²) in [5, 5.41) is 0. The molecule has 1 amide bonds. The Bertz CT molecular complexity index is 860. The summed E-state index contributed by atoms with van der Waals surface area (Å²) in [6.07, 6.45) is -0.691. The SMILES string of the molecule is COc1ccc(CC(=O)OC2CSc3ccccc3N(CCN(C)C)C2=O)cc1.Cl. The van der Waals surface area contributed by atoms with Crippen LogP contribution in [0.4, 0.5) is 5.69 Å². The number of carbonyl (C=O) groups is 2. The van der Waals surface area contributed by atoms with E-state index in [1.165, 1.54) is 0 Å². The highest BCUT2D eigenvalue weighted by Crippen LogP contribution is 2.34. The van der Waals surface area contributed by atoms with Crippen molar-refractivity contribution >= 4 is 41.7 Å². The van der Waals surface area contributed by atoms with E-state index in [-0.39, 0.29) is 24.7 Å². The lowest BCUT2D eigenvalue weighted by atomic mass is 10.1. The predicted octanol–water partition coefficient (Wildman–Crippen LogP) is 3.27. The molecule has 1 heterocycles. The first kappa shape index (κ1) is 24.1. The largest absolute Gasteiger partial charge is 0.497 e. The van der Waals surface area contributed by atoms with E-state index in [1.54, 1.807) is 35.9 Å².